The molecule has 4 heteroatoms. The van der Waals surface area contributed by atoms with Gasteiger partial charge in [-0.05, 0) is 38.3 Å². The molecule has 1 atom stereocenters. The highest BCUT2D eigenvalue weighted by molar-refractivity contribution is 5.81. The maximum absolute atomic E-state index is 12.9. The van der Waals surface area contributed by atoms with E-state index in [1.165, 1.54) is 6.42 Å². The summed E-state index contributed by atoms with van der Waals surface area (Å²) in [5.74, 6) is 1.20. The quantitative estimate of drug-likeness (QED) is 0.847. The fraction of sp³-hybridized carbons (Fsp3) is 0.579. The molecule has 0 bridgehead atoms. The number of imidazole rings is 1. The van der Waals surface area contributed by atoms with E-state index in [0.29, 0.717) is 12.6 Å². The molecule has 0 radical (unpaired) electrons. The second kappa shape index (κ2) is 5.99. The average molecular weight is 313 g/mol. The Bertz CT molecular complexity index is 711. The Morgan fingerprint density at radius 3 is 2.70 bits per heavy atom. The van der Waals surface area contributed by atoms with Crippen molar-refractivity contribution in [1.82, 2.24) is 14.5 Å². The number of aromatic nitrogens is 2. The van der Waals surface area contributed by atoms with E-state index in [2.05, 4.69) is 38.3 Å². The monoisotopic (exact) mass is 313 g/mol. The first kappa shape index (κ1) is 16.0. The van der Waals surface area contributed by atoms with Gasteiger partial charge in [-0.15, -0.1) is 0 Å². The largest absolute Gasteiger partial charge is 0.338 e. The van der Waals surface area contributed by atoms with Crippen LogP contribution < -0.4 is 0 Å². The van der Waals surface area contributed by atoms with Crippen molar-refractivity contribution < 1.29 is 4.79 Å². The van der Waals surface area contributed by atoms with Crippen LogP contribution in [0.2, 0.25) is 0 Å². The predicted molar refractivity (Wildman–Crippen MR) is 93.5 cm³/mol. The fourth-order valence-corrected chi connectivity index (χ4v) is 3.50. The van der Waals surface area contributed by atoms with Crippen LogP contribution in [0.1, 0.15) is 52.8 Å². The van der Waals surface area contributed by atoms with Gasteiger partial charge in [-0.25, -0.2) is 4.98 Å². The highest BCUT2D eigenvalue weighted by atomic mass is 16.2. The summed E-state index contributed by atoms with van der Waals surface area (Å²) < 4.78 is 2.11. The number of hydrogen-bond acceptors (Lipinski definition) is 2. The van der Waals surface area contributed by atoms with E-state index < -0.39 is 0 Å². The smallest absolute Gasteiger partial charge is 0.242 e. The maximum atomic E-state index is 12.9. The molecule has 0 N–H and O–H groups in total. The van der Waals surface area contributed by atoms with Crippen LogP contribution in [0.4, 0.5) is 0 Å². The first-order valence-electron chi connectivity index (χ1n) is 8.63. The van der Waals surface area contributed by atoms with E-state index in [0.717, 1.165) is 36.2 Å². The first-order valence-corrected chi connectivity index (χ1v) is 8.63. The Labute approximate surface area is 138 Å². The normalized spacial score (nSPS) is 19.3. The van der Waals surface area contributed by atoms with Gasteiger partial charge in [-0.3, -0.25) is 4.79 Å². The van der Waals surface area contributed by atoms with Crippen LogP contribution >= 0.6 is 0 Å². The molecule has 0 aliphatic carbocycles. The van der Waals surface area contributed by atoms with Crippen molar-refractivity contribution in [1.29, 1.82) is 0 Å². The van der Waals surface area contributed by atoms with Crippen LogP contribution in [0.25, 0.3) is 11.0 Å². The number of rotatable bonds is 2. The molecule has 3 rings (SSSR count). The molecule has 2 heterocycles. The van der Waals surface area contributed by atoms with Crippen molar-refractivity contribution in [3.63, 3.8) is 0 Å². The molecule has 1 fully saturated rings. The molecule has 1 aliphatic rings. The molecule has 1 aromatic carbocycles. The van der Waals surface area contributed by atoms with Crippen molar-refractivity contribution in [3.8, 4) is 0 Å². The van der Waals surface area contributed by atoms with Gasteiger partial charge >= 0.3 is 0 Å². The van der Waals surface area contributed by atoms with Gasteiger partial charge < -0.3 is 9.47 Å². The highest BCUT2D eigenvalue weighted by Crippen LogP contribution is 2.27. The molecule has 4 nitrogen and oxygen atoms in total. The van der Waals surface area contributed by atoms with Crippen molar-refractivity contribution in [2.75, 3.05) is 6.54 Å². The van der Waals surface area contributed by atoms with Crippen molar-refractivity contribution in [2.45, 2.75) is 65.0 Å². The third-order valence-electron chi connectivity index (χ3n) is 4.74. The first-order chi connectivity index (χ1) is 10.9. The van der Waals surface area contributed by atoms with Crippen LogP contribution in [-0.4, -0.2) is 32.9 Å². The van der Waals surface area contributed by atoms with Crippen molar-refractivity contribution >= 4 is 16.9 Å². The molecule has 1 aromatic heterocycles. The summed E-state index contributed by atoms with van der Waals surface area (Å²) in [5.41, 5.74) is 1.93. The van der Waals surface area contributed by atoms with Gasteiger partial charge in [-0.2, -0.15) is 0 Å². The summed E-state index contributed by atoms with van der Waals surface area (Å²) in [5, 5.41) is 0. The van der Waals surface area contributed by atoms with Gasteiger partial charge in [0.05, 0.1) is 11.0 Å². The Morgan fingerprint density at radius 2 is 2.00 bits per heavy atom. The minimum atomic E-state index is -0.0905. The molecular formula is C19H27N3O. The lowest BCUT2D eigenvalue weighted by molar-refractivity contribution is -0.135. The maximum Gasteiger partial charge on any atom is 0.242 e. The molecule has 2 aromatic rings. The number of carbonyl (C=O) groups excluding carboxylic acids is 1. The number of para-hydroxylation sites is 2. The third-order valence-corrected chi connectivity index (χ3v) is 4.74. The lowest BCUT2D eigenvalue weighted by Crippen LogP contribution is -2.44. The summed E-state index contributed by atoms with van der Waals surface area (Å²) in [6.07, 6.45) is 3.46. The zero-order valence-corrected chi connectivity index (χ0v) is 14.7. The molecule has 23 heavy (non-hydrogen) atoms. The van der Waals surface area contributed by atoms with E-state index in [-0.39, 0.29) is 11.3 Å². The van der Waals surface area contributed by atoms with Crippen molar-refractivity contribution in [2.24, 2.45) is 0 Å². The summed E-state index contributed by atoms with van der Waals surface area (Å²) in [7, 11) is 0. The second-order valence-corrected chi connectivity index (χ2v) is 7.69. The number of likely N-dealkylation sites (tertiary alicyclic amines) is 1. The number of amides is 1. The molecule has 124 valence electrons. The van der Waals surface area contributed by atoms with Gasteiger partial charge in [0.1, 0.15) is 12.4 Å². The van der Waals surface area contributed by atoms with Gasteiger partial charge in [0.2, 0.25) is 5.91 Å². The van der Waals surface area contributed by atoms with Crippen LogP contribution in [0.3, 0.4) is 0 Å². The number of nitrogens with zero attached hydrogens (tertiary/aromatic N) is 3. The molecule has 1 saturated heterocycles. The van der Waals surface area contributed by atoms with Crippen LogP contribution in [-0.2, 0) is 16.8 Å². The Hall–Kier alpha value is -1.84. The third kappa shape index (κ3) is 3.12. The van der Waals surface area contributed by atoms with Crippen LogP contribution in [0, 0.1) is 0 Å². The molecule has 1 aliphatic heterocycles. The lowest BCUT2D eigenvalue weighted by atomic mass is 9.95. The van der Waals surface area contributed by atoms with Gasteiger partial charge in [0.15, 0.2) is 0 Å². The SMILES string of the molecule is CC1CCCCN1C(=O)Cn1c(C(C)(C)C)nc2ccccc21. The highest BCUT2D eigenvalue weighted by Gasteiger charge is 2.27. The topological polar surface area (TPSA) is 38.1 Å². The average Bonchev–Trinajstić information content (AvgIpc) is 2.87. The van der Waals surface area contributed by atoms with Gasteiger partial charge in [0, 0.05) is 18.0 Å². The van der Waals surface area contributed by atoms with Crippen LogP contribution in [0.5, 0.6) is 0 Å². The lowest BCUT2D eigenvalue weighted by Gasteiger charge is -2.34. The number of carbonyl (C=O) groups is 1. The summed E-state index contributed by atoms with van der Waals surface area (Å²) in [6.45, 7) is 9.89. The number of fused-ring (bicyclic) bond motifs is 1. The number of benzene rings is 1. The zero-order valence-electron chi connectivity index (χ0n) is 14.7. The Balaban J connectivity index is 1.96. The number of piperidine rings is 1. The Morgan fingerprint density at radius 1 is 1.26 bits per heavy atom. The zero-order chi connectivity index (χ0) is 16.6. The van der Waals surface area contributed by atoms with E-state index in [1.807, 2.05) is 23.1 Å². The van der Waals surface area contributed by atoms with Crippen molar-refractivity contribution in [3.05, 3.63) is 30.1 Å². The van der Waals surface area contributed by atoms with Crippen LogP contribution in [0.15, 0.2) is 24.3 Å². The van der Waals surface area contributed by atoms with Gasteiger partial charge in [-0.1, -0.05) is 32.9 Å². The van der Waals surface area contributed by atoms with E-state index in [4.69, 9.17) is 4.98 Å². The molecule has 0 saturated carbocycles. The number of hydrogen-bond donors (Lipinski definition) is 0. The minimum Gasteiger partial charge on any atom is -0.338 e. The molecule has 1 amide bonds. The summed E-state index contributed by atoms with van der Waals surface area (Å²) >= 11 is 0. The second-order valence-electron chi connectivity index (χ2n) is 7.69. The fourth-order valence-electron chi connectivity index (χ4n) is 3.50. The molecule has 0 spiro atoms. The van der Waals surface area contributed by atoms with E-state index in [1.54, 1.807) is 0 Å². The Kier molecular flexibility index (Phi) is 4.17. The summed E-state index contributed by atoms with van der Waals surface area (Å²) in [4.78, 5) is 19.7. The summed E-state index contributed by atoms with van der Waals surface area (Å²) in [6, 6.07) is 8.45. The predicted octanol–water partition coefficient (Wildman–Crippen LogP) is 3.73. The standard InChI is InChI=1S/C19H27N3O/c1-14-9-7-8-12-21(14)17(23)13-22-16-11-6-5-10-15(16)20-18(22)19(2,3)4/h5-6,10-11,14H,7-9,12-13H2,1-4H3. The minimum absolute atomic E-state index is 0.0905. The van der Waals surface area contributed by atoms with Gasteiger partial charge in [0.25, 0.3) is 0 Å². The molecule has 1 unspecified atom stereocenters. The van der Waals surface area contributed by atoms with E-state index >= 15 is 0 Å². The van der Waals surface area contributed by atoms with E-state index in [9.17, 15) is 4.79 Å². The molecular weight excluding hydrogens is 286 g/mol.